The van der Waals surface area contributed by atoms with Crippen molar-refractivity contribution in [2.24, 2.45) is 5.92 Å². The maximum atomic E-state index is 3.50. The molecule has 2 saturated heterocycles. The summed E-state index contributed by atoms with van der Waals surface area (Å²) < 4.78 is 0. The molecular weight excluding hydrogens is 166 g/mol. The first kappa shape index (κ1) is 8.89. The molecule has 0 spiro atoms. The first-order valence-electron chi connectivity index (χ1n) is 5.27. The molecule has 0 aromatic carbocycles. The normalized spacial score (nSPS) is 37.0. The Balaban J connectivity index is 1.69. The highest BCUT2D eigenvalue weighted by atomic mass is 32.2. The summed E-state index contributed by atoms with van der Waals surface area (Å²) in [7, 11) is 0. The Labute approximate surface area is 79.7 Å². The van der Waals surface area contributed by atoms with Crippen LogP contribution in [-0.2, 0) is 0 Å². The summed E-state index contributed by atoms with van der Waals surface area (Å²) in [6.45, 7) is 2.55. The lowest BCUT2D eigenvalue weighted by atomic mass is 9.93. The van der Waals surface area contributed by atoms with Crippen LogP contribution in [0.1, 0.15) is 32.1 Å². The number of thioether (sulfide) groups is 1. The molecule has 0 amide bonds. The largest absolute Gasteiger partial charge is 0.316 e. The van der Waals surface area contributed by atoms with E-state index in [0.717, 1.165) is 11.2 Å². The molecule has 2 aliphatic rings. The molecule has 0 bridgehead atoms. The van der Waals surface area contributed by atoms with Crippen LogP contribution in [0.15, 0.2) is 0 Å². The molecule has 2 heterocycles. The zero-order valence-electron chi connectivity index (χ0n) is 7.72. The predicted molar refractivity (Wildman–Crippen MR) is 55.7 cm³/mol. The maximum absolute atomic E-state index is 3.50. The van der Waals surface area contributed by atoms with Gasteiger partial charge in [0.15, 0.2) is 0 Å². The van der Waals surface area contributed by atoms with Crippen LogP contribution in [0.3, 0.4) is 0 Å². The summed E-state index contributed by atoms with van der Waals surface area (Å²) in [4.78, 5) is 0. The third-order valence-electron chi connectivity index (χ3n) is 3.02. The fourth-order valence-corrected chi connectivity index (χ4v) is 3.74. The first-order chi connectivity index (χ1) is 5.95. The van der Waals surface area contributed by atoms with Gasteiger partial charge in [0.2, 0.25) is 0 Å². The molecule has 0 saturated carbocycles. The molecule has 2 heteroatoms. The highest BCUT2D eigenvalue weighted by Gasteiger charge is 2.21. The van der Waals surface area contributed by atoms with E-state index in [0.29, 0.717) is 0 Å². The summed E-state index contributed by atoms with van der Waals surface area (Å²) in [5.41, 5.74) is 0. The van der Waals surface area contributed by atoms with Gasteiger partial charge in [0.05, 0.1) is 0 Å². The Morgan fingerprint density at radius 1 is 1.25 bits per heavy atom. The summed E-state index contributed by atoms with van der Waals surface area (Å²) in [5.74, 6) is 2.42. The summed E-state index contributed by atoms with van der Waals surface area (Å²) in [6.07, 6.45) is 7.32. The van der Waals surface area contributed by atoms with E-state index < -0.39 is 0 Å². The van der Waals surface area contributed by atoms with Crippen LogP contribution in [0.25, 0.3) is 0 Å². The number of hydrogen-bond acceptors (Lipinski definition) is 2. The van der Waals surface area contributed by atoms with Crippen LogP contribution >= 0.6 is 11.8 Å². The minimum absolute atomic E-state index is 0.995. The van der Waals surface area contributed by atoms with Crippen molar-refractivity contribution >= 4 is 11.8 Å². The Bertz CT molecular complexity index is 126. The van der Waals surface area contributed by atoms with Gasteiger partial charge >= 0.3 is 0 Å². The zero-order valence-corrected chi connectivity index (χ0v) is 8.54. The van der Waals surface area contributed by atoms with Gasteiger partial charge in [-0.1, -0.05) is 0 Å². The SMILES string of the molecule is C1CNCC(CC2CCCS2)C1. The molecule has 1 nitrogen and oxygen atoms in total. The summed E-state index contributed by atoms with van der Waals surface area (Å²) >= 11 is 2.21. The number of nitrogens with one attached hydrogen (secondary N) is 1. The van der Waals surface area contributed by atoms with Crippen LogP contribution < -0.4 is 5.32 Å². The lowest BCUT2D eigenvalue weighted by Crippen LogP contribution is -2.31. The van der Waals surface area contributed by atoms with Gasteiger partial charge in [-0.15, -0.1) is 0 Å². The second-order valence-corrected chi connectivity index (χ2v) is 5.49. The zero-order chi connectivity index (χ0) is 8.23. The van der Waals surface area contributed by atoms with Crippen molar-refractivity contribution in [3.8, 4) is 0 Å². The maximum Gasteiger partial charge on any atom is 0.00504 e. The van der Waals surface area contributed by atoms with Crippen molar-refractivity contribution in [3.05, 3.63) is 0 Å². The average Bonchev–Trinajstić information content (AvgIpc) is 2.59. The lowest BCUT2D eigenvalue weighted by molar-refractivity contribution is 0.353. The molecule has 1 N–H and O–H groups in total. The third-order valence-corrected chi connectivity index (χ3v) is 4.44. The van der Waals surface area contributed by atoms with Crippen LogP contribution in [0.5, 0.6) is 0 Å². The smallest absolute Gasteiger partial charge is 0.00504 e. The van der Waals surface area contributed by atoms with Crippen molar-refractivity contribution in [3.63, 3.8) is 0 Å². The summed E-state index contributed by atoms with van der Waals surface area (Å²) in [5, 5.41) is 4.51. The molecule has 2 unspecified atom stereocenters. The van der Waals surface area contributed by atoms with E-state index in [-0.39, 0.29) is 0 Å². The van der Waals surface area contributed by atoms with E-state index in [2.05, 4.69) is 17.1 Å². The monoisotopic (exact) mass is 185 g/mol. The first-order valence-corrected chi connectivity index (χ1v) is 6.32. The van der Waals surface area contributed by atoms with Gasteiger partial charge in [-0.05, 0) is 56.9 Å². The molecule has 70 valence electrons. The fraction of sp³-hybridized carbons (Fsp3) is 1.00. The van der Waals surface area contributed by atoms with Gasteiger partial charge in [-0.25, -0.2) is 0 Å². The van der Waals surface area contributed by atoms with Gasteiger partial charge in [0, 0.05) is 5.25 Å². The van der Waals surface area contributed by atoms with Crippen LogP contribution in [0.2, 0.25) is 0 Å². The summed E-state index contributed by atoms with van der Waals surface area (Å²) in [6, 6.07) is 0. The van der Waals surface area contributed by atoms with Crippen molar-refractivity contribution in [2.45, 2.75) is 37.4 Å². The van der Waals surface area contributed by atoms with E-state index in [4.69, 9.17) is 0 Å². The standard InChI is InChI=1S/C10H19NS/c1-3-9(8-11-5-1)7-10-4-2-6-12-10/h9-11H,1-8H2. The lowest BCUT2D eigenvalue weighted by Gasteiger charge is -2.24. The third kappa shape index (κ3) is 2.40. The van der Waals surface area contributed by atoms with Crippen molar-refractivity contribution < 1.29 is 0 Å². The van der Waals surface area contributed by atoms with Crippen LogP contribution in [0.4, 0.5) is 0 Å². The van der Waals surface area contributed by atoms with E-state index in [1.807, 2.05) is 0 Å². The second kappa shape index (κ2) is 4.52. The highest BCUT2D eigenvalue weighted by molar-refractivity contribution is 8.00. The molecule has 2 atom stereocenters. The molecular formula is C10H19NS. The number of rotatable bonds is 2. The Kier molecular flexibility index (Phi) is 3.35. The van der Waals surface area contributed by atoms with Gasteiger partial charge in [-0.2, -0.15) is 11.8 Å². The molecule has 2 fully saturated rings. The van der Waals surface area contributed by atoms with E-state index in [1.54, 1.807) is 0 Å². The van der Waals surface area contributed by atoms with Crippen molar-refractivity contribution in [1.82, 2.24) is 5.32 Å². The average molecular weight is 185 g/mol. The fourth-order valence-electron chi connectivity index (χ4n) is 2.33. The van der Waals surface area contributed by atoms with Crippen LogP contribution in [-0.4, -0.2) is 24.1 Å². The molecule has 2 aliphatic heterocycles. The number of piperidine rings is 1. The minimum atomic E-state index is 0.995. The van der Waals surface area contributed by atoms with E-state index >= 15 is 0 Å². The molecule has 2 rings (SSSR count). The van der Waals surface area contributed by atoms with E-state index in [1.165, 1.54) is 50.9 Å². The topological polar surface area (TPSA) is 12.0 Å². The minimum Gasteiger partial charge on any atom is -0.316 e. The molecule has 0 radical (unpaired) electrons. The molecule has 12 heavy (non-hydrogen) atoms. The van der Waals surface area contributed by atoms with Gasteiger partial charge in [0.1, 0.15) is 0 Å². The molecule has 0 aromatic heterocycles. The highest BCUT2D eigenvalue weighted by Crippen LogP contribution is 2.32. The van der Waals surface area contributed by atoms with Crippen LogP contribution in [0, 0.1) is 5.92 Å². The predicted octanol–water partition coefficient (Wildman–Crippen LogP) is 2.27. The molecule has 0 aromatic rings. The van der Waals surface area contributed by atoms with Gasteiger partial charge in [0.25, 0.3) is 0 Å². The quantitative estimate of drug-likeness (QED) is 0.708. The van der Waals surface area contributed by atoms with E-state index in [9.17, 15) is 0 Å². The van der Waals surface area contributed by atoms with Crippen molar-refractivity contribution in [2.75, 3.05) is 18.8 Å². The Hall–Kier alpha value is 0.310. The Morgan fingerprint density at radius 2 is 2.25 bits per heavy atom. The van der Waals surface area contributed by atoms with Crippen molar-refractivity contribution in [1.29, 1.82) is 0 Å². The second-order valence-electron chi connectivity index (χ2n) is 4.08. The van der Waals surface area contributed by atoms with Gasteiger partial charge < -0.3 is 5.32 Å². The van der Waals surface area contributed by atoms with Gasteiger partial charge in [-0.3, -0.25) is 0 Å². The molecule has 0 aliphatic carbocycles. The number of hydrogen-bond donors (Lipinski definition) is 1. The Morgan fingerprint density at radius 3 is 2.92 bits per heavy atom.